The standard InChI is InChI=1S/C13H12ClF3N2O4/c14-11-3-8(19(22)23)2-1-7(11)4-18-5-9(12(20)21)10(6-18)13(15,16)17/h1-3,9-10H,4-6H2,(H,20,21)/t9-,10-/m1/s1. The van der Waals surface area contributed by atoms with E-state index in [0.717, 1.165) is 6.07 Å². The lowest BCUT2D eigenvalue weighted by molar-refractivity contribution is -0.384. The zero-order valence-corrected chi connectivity index (χ0v) is 12.3. The molecule has 0 radical (unpaired) electrons. The van der Waals surface area contributed by atoms with Crippen molar-refractivity contribution in [3.05, 3.63) is 38.9 Å². The molecule has 1 N–H and O–H groups in total. The maximum Gasteiger partial charge on any atom is 0.393 e. The van der Waals surface area contributed by atoms with Gasteiger partial charge in [-0.3, -0.25) is 19.8 Å². The number of alkyl halides is 3. The van der Waals surface area contributed by atoms with Crippen molar-refractivity contribution in [2.45, 2.75) is 12.7 Å². The predicted molar refractivity (Wildman–Crippen MR) is 74.1 cm³/mol. The molecule has 1 aliphatic rings. The van der Waals surface area contributed by atoms with Gasteiger partial charge in [-0.25, -0.2) is 0 Å². The monoisotopic (exact) mass is 352 g/mol. The first kappa shape index (κ1) is 17.5. The van der Waals surface area contributed by atoms with Gasteiger partial charge >= 0.3 is 12.1 Å². The van der Waals surface area contributed by atoms with Gasteiger partial charge < -0.3 is 5.11 Å². The zero-order valence-electron chi connectivity index (χ0n) is 11.6. The van der Waals surface area contributed by atoms with E-state index in [0.29, 0.717) is 5.56 Å². The Morgan fingerprint density at radius 1 is 1.43 bits per heavy atom. The fraction of sp³-hybridized carbons (Fsp3) is 0.462. The average Bonchev–Trinajstić information content (AvgIpc) is 2.85. The highest BCUT2D eigenvalue weighted by atomic mass is 35.5. The highest BCUT2D eigenvalue weighted by Crippen LogP contribution is 2.38. The van der Waals surface area contributed by atoms with Crippen LogP contribution in [-0.2, 0) is 11.3 Å². The van der Waals surface area contributed by atoms with Crippen molar-refractivity contribution < 1.29 is 28.0 Å². The third-order valence-electron chi connectivity index (χ3n) is 3.77. The smallest absolute Gasteiger partial charge is 0.393 e. The second-order valence-electron chi connectivity index (χ2n) is 5.32. The molecule has 1 aromatic rings. The number of aliphatic carboxylic acids is 1. The molecule has 10 heteroatoms. The minimum atomic E-state index is -4.60. The number of nitro groups is 1. The van der Waals surface area contributed by atoms with Crippen LogP contribution in [0.5, 0.6) is 0 Å². The Bertz CT molecular complexity index is 638. The topological polar surface area (TPSA) is 83.7 Å². The van der Waals surface area contributed by atoms with Gasteiger partial charge in [0.25, 0.3) is 5.69 Å². The Morgan fingerprint density at radius 3 is 2.52 bits per heavy atom. The Morgan fingerprint density at radius 2 is 2.09 bits per heavy atom. The molecule has 0 spiro atoms. The number of non-ortho nitro benzene ring substituents is 1. The molecule has 23 heavy (non-hydrogen) atoms. The van der Waals surface area contributed by atoms with Crippen molar-refractivity contribution in [2.75, 3.05) is 13.1 Å². The second-order valence-corrected chi connectivity index (χ2v) is 5.73. The molecule has 0 aliphatic carbocycles. The van der Waals surface area contributed by atoms with Crippen LogP contribution in [0.15, 0.2) is 18.2 Å². The summed E-state index contributed by atoms with van der Waals surface area (Å²) in [6, 6.07) is 3.67. The van der Waals surface area contributed by atoms with Gasteiger partial charge in [-0.05, 0) is 11.6 Å². The van der Waals surface area contributed by atoms with Crippen molar-refractivity contribution in [1.29, 1.82) is 0 Å². The summed E-state index contributed by atoms with van der Waals surface area (Å²) in [5.41, 5.74) is 0.181. The first-order chi connectivity index (χ1) is 10.6. The first-order valence-corrected chi connectivity index (χ1v) is 6.92. The van der Waals surface area contributed by atoms with Gasteiger partial charge in [0.05, 0.1) is 21.8 Å². The lowest BCUT2D eigenvalue weighted by Crippen LogP contribution is -2.33. The van der Waals surface area contributed by atoms with Crippen LogP contribution in [0.3, 0.4) is 0 Å². The number of benzene rings is 1. The van der Waals surface area contributed by atoms with Gasteiger partial charge in [0.15, 0.2) is 0 Å². The molecule has 0 unspecified atom stereocenters. The predicted octanol–water partition coefficient (Wildman–Crippen LogP) is 2.94. The molecule has 1 saturated heterocycles. The minimum Gasteiger partial charge on any atom is -0.481 e. The van der Waals surface area contributed by atoms with E-state index >= 15 is 0 Å². The number of hydrogen-bond donors (Lipinski definition) is 1. The van der Waals surface area contributed by atoms with E-state index in [9.17, 15) is 28.1 Å². The van der Waals surface area contributed by atoms with Crippen LogP contribution in [0.25, 0.3) is 0 Å². The van der Waals surface area contributed by atoms with Crippen molar-refractivity contribution >= 4 is 23.3 Å². The number of rotatable bonds is 4. The van der Waals surface area contributed by atoms with Crippen LogP contribution in [0.2, 0.25) is 5.02 Å². The Labute approximate surface area is 133 Å². The Hall–Kier alpha value is -1.87. The van der Waals surface area contributed by atoms with Gasteiger partial charge in [0.1, 0.15) is 0 Å². The van der Waals surface area contributed by atoms with Gasteiger partial charge in [0.2, 0.25) is 0 Å². The minimum absolute atomic E-state index is 0.00676. The van der Waals surface area contributed by atoms with E-state index in [2.05, 4.69) is 0 Å². The van der Waals surface area contributed by atoms with Crippen LogP contribution in [0, 0.1) is 22.0 Å². The summed E-state index contributed by atoms with van der Waals surface area (Å²) < 4.78 is 38.7. The summed E-state index contributed by atoms with van der Waals surface area (Å²) in [7, 11) is 0. The van der Waals surface area contributed by atoms with Crippen LogP contribution < -0.4 is 0 Å². The summed E-state index contributed by atoms with van der Waals surface area (Å²) in [4.78, 5) is 22.3. The molecule has 1 fully saturated rings. The van der Waals surface area contributed by atoms with Crippen molar-refractivity contribution in [3.63, 3.8) is 0 Å². The molecule has 0 bridgehead atoms. The normalized spacial score (nSPS) is 22.3. The fourth-order valence-electron chi connectivity index (χ4n) is 2.62. The molecular weight excluding hydrogens is 341 g/mol. The summed E-state index contributed by atoms with van der Waals surface area (Å²) in [5, 5.41) is 19.6. The number of nitro benzene ring substituents is 1. The van der Waals surface area contributed by atoms with Crippen LogP contribution >= 0.6 is 11.6 Å². The summed E-state index contributed by atoms with van der Waals surface area (Å²) in [6.07, 6.45) is -4.60. The molecule has 126 valence electrons. The molecule has 2 atom stereocenters. The van der Waals surface area contributed by atoms with E-state index in [1.54, 1.807) is 0 Å². The number of halogens is 4. The zero-order chi connectivity index (χ0) is 17.4. The van der Waals surface area contributed by atoms with Crippen molar-refractivity contribution in [2.24, 2.45) is 11.8 Å². The highest BCUT2D eigenvalue weighted by molar-refractivity contribution is 6.31. The van der Waals surface area contributed by atoms with Crippen molar-refractivity contribution in [1.82, 2.24) is 4.90 Å². The maximum atomic E-state index is 12.9. The highest BCUT2D eigenvalue weighted by Gasteiger charge is 2.52. The molecule has 0 amide bonds. The van der Waals surface area contributed by atoms with Gasteiger partial charge in [0, 0.05) is 31.8 Å². The number of hydrogen-bond acceptors (Lipinski definition) is 4. The molecular formula is C13H12ClF3N2O4. The number of carboxylic acids is 1. The van der Waals surface area contributed by atoms with E-state index in [4.69, 9.17) is 16.7 Å². The lowest BCUT2D eigenvalue weighted by atomic mass is 9.96. The molecule has 1 aliphatic heterocycles. The van der Waals surface area contributed by atoms with E-state index in [1.807, 2.05) is 0 Å². The van der Waals surface area contributed by atoms with Crippen LogP contribution in [0.1, 0.15) is 5.56 Å². The maximum absolute atomic E-state index is 12.9. The second kappa shape index (κ2) is 6.32. The molecule has 0 aromatic heterocycles. The number of nitrogens with zero attached hydrogens (tertiary/aromatic N) is 2. The first-order valence-electron chi connectivity index (χ1n) is 6.54. The molecule has 1 aromatic carbocycles. The molecule has 6 nitrogen and oxygen atoms in total. The van der Waals surface area contributed by atoms with Crippen molar-refractivity contribution in [3.8, 4) is 0 Å². The third kappa shape index (κ3) is 3.91. The molecule has 0 saturated carbocycles. The largest absolute Gasteiger partial charge is 0.481 e. The lowest BCUT2D eigenvalue weighted by Gasteiger charge is -2.18. The SMILES string of the molecule is O=C(O)[C@@H]1CN(Cc2ccc([N+](=O)[O-])cc2Cl)C[C@H]1C(F)(F)F. The van der Waals surface area contributed by atoms with E-state index in [-0.39, 0.29) is 23.8 Å². The average molecular weight is 353 g/mol. The third-order valence-corrected chi connectivity index (χ3v) is 4.13. The molecule has 1 heterocycles. The number of likely N-dealkylation sites (tertiary alicyclic amines) is 1. The van der Waals surface area contributed by atoms with E-state index in [1.165, 1.54) is 17.0 Å². The molecule has 2 rings (SSSR count). The summed E-state index contributed by atoms with van der Waals surface area (Å²) in [5.74, 6) is -4.98. The van der Waals surface area contributed by atoms with Crippen LogP contribution in [-0.4, -0.2) is 40.2 Å². The Balaban J connectivity index is 2.15. The quantitative estimate of drug-likeness (QED) is 0.665. The summed E-state index contributed by atoms with van der Waals surface area (Å²) in [6.45, 7) is -0.714. The number of carbonyl (C=O) groups is 1. The van der Waals surface area contributed by atoms with Gasteiger partial charge in [-0.2, -0.15) is 13.2 Å². The van der Waals surface area contributed by atoms with Crippen LogP contribution in [0.4, 0.5) is 18.9 Å². The summed E-state index contributed by atoms with van der Waals surface area (Å²) >= 11 is 5.91. The van der Waals surface area contributed by atoms with E-state index < -0.39 is 35.4 Å². The van der Waals surface area contributed by atoms with Gasteiger partial charge in [-0.1, -0.05) is 11.6 Å². The Kier molecular flexibility index (Phi) is 4.81. The number of carboxylic acid groups (broad SMARTS) is 1. The fourth-order valence-corrected chi connectivity index (χ4v) is 2.85. The van der Waals surface area contributed by atoms with Gasteiger partial charge in [-0.15, -0.1) is 0 Å².